The van der Waals surface area contributed by atoms with Gasteiger partial charge in [0.1, 0.15) is 5.82 Å². The molecule has 0 fully saturated rings. The van der Waals surface area contributed by atoms with E-state index < -0.39 is 5.82 Å². The van der Waals surface area contributed by atoms with Crippen LogP contribution >= 0.6 is 0 Å². The quantitative estimate of drug-likeness (QED) is 0.366. The molecule has 19 heavy (non-hydrogen) atoms. The number of nitrogens with two attached hydrogens (primary N) is 1. The highest BCUT2D eigenvalue weighted by Gasteiger charge is 2.19. The molecule has 0 radical (unpaired) electrons. The van der Waals surface area contributed by atoms with Crippen molar-refractivity contribution >= 4 is 11.7 Å². The molecule has 0 aromatic heterocycles. The zero-order valence-corrected chi connectivity index (χ0v) is 11.0. The van der Waals surface area contributed by atoms with E-state index in [0.717, 1.165) is 0 Å². The van der Waals surface area contributed by atoms with Crippen LogP contribution in [-0.4, -0.2) is 34.4 Å². The third kappa shape index (κ3) is 4.24. The summed E-state index contributed by atoms with van der Waals surface area (Å²) in [6.07, 6.45) is -0.0520. The summed E-state index contributed by atoms with van der Waals surface area (Å²) in [5.74, 6) is -0.745. The van der Waals surface area contributed by atoms with Gasteiger partial charge in [0, 0.05) is 6.04 Å². The molecule has 0 bridgehead atoms. The summed E-state index contributed by atoms with van der Waals surface area (Å²) in [6, 6.07) is 6.00. The average molecular weight is 267 g/mol. The SMILES string of the molecule is CC(C)N(CC(N)=NO)C(=O)Cc1ccccc1F. The molecule has 0 unspecified atom stereocenters. The van der Waals surface area contributed by atoms with Crippen LogP contribution < -0.4 is 5.73 Å². The van der Waals surface area contributed by atoms with E-state index in [-0.39, 0.29) is 30.8 Å². The fourth-order valence-corrected chi connectivity index (χ4v) is 1.67. The number of amidine groups is 1. The summed E-state index contributed by atoms with van der Waals surface area (Å²) in [4.78, 5) is 13.6. The number of benzene rings is 1. The van der Waals surface area contributed by atoms with Crippen molar-refractivity contribution in [2.45, 2.75) is 26.3 Å². The fraction of sp³-hybridized carbons (Fsp3) is 0.385. The Morgan fingerprint density at radius 3 is 2.63 bits per heavy atom. The van der Waals surface area contributed by atoms with E-state index >= 15 is 0 Å². The molecule has 5 nitrogen and oxygen atoms in total. The molecule has 6 heteroatoms. The van der Waals surface area contributed by atoms with Crippen LogP contribution in [0.3, 0.4) is 0 Å². The Kier molecular flexibility index (Phi) is 5.29. The van der Waals surface area contributed by atoms with E-state index in [2.05, 4.69) is 5.16 Å². The molecule has 0 aliphatic rings. The standard InChI is InChI=1S/C13H18FN3O2/c1-9(2)17(8-12(15)16-19)13(18)7-10-5-3-4-6-11(10)14/h3-6,9,19H,7-8H2,1-2H3,(H2,15,16). The van der Waals surface area contributed by atoms with E-state index in [1.807, 2.05) is 13.8 Å². The lowest BCUT2D eigenvalue weighted by Crippen LogP contribution is -2.43. The van der Waals surface area contributed by atoms with Gasteiger partial charge < -0.3 is 15.8 Å². The predicted molar refractivity (Wildman–Crippen MR) is 70.4 cm³/mol. The number of hydrogen-bond acceptors (Lipinski definition) is 3. The molecule has 3 N–H and O–H groups in total. The lowest BCUT2D eigenvalue weighted by molar-refractivity contribution is -0.131. The first-order chi connectivity index (χ1) is 8.95. The summed E-state index contributed by atoms with van der Waals surface area (Å²) in [6.45, 7) is 3.63. The third-order valence-corrected chi connectivity index (χ3v) is 2.70. The maximum absolute atomic E-state index is 13.5. The molecule has 0 saturated carbocycles. The summed E-state index contributed by atoms with van der Waals surface area (Å²) in [7, 11) is 0. The van der Waals surface area contributed by atoms with Crippen molar-refractivity contribution in [1.29, 1.82) is 0 Å². The molecular formula is C13H18FN3O2. The molecule has 1 amide bonds. The van der Waals surface area contributed by atoms with Gasteiger partial charge in [0.15, 0.2) is 5.84 Å². The summed E-state index contributed by atoms with van der Waals surface area (Å²) >= 11 is 0. The fourth-order valence-electron chi connectivity index (χ4n) is 1.67. The molecule has 0 aliphatic carbocycles. The lowest BCUT2D eigenvalue weighted by Gasteiger charge is -2.26. The molecule has 1 rings (SSSR count). The minimum Gasteiger partial charge on any atom is -0.409 e. The predicted octanol–water partition coefficient (Wildman–Crippen LogP) is 1.35. The van der Waals surface area contributed by atoms with E-state index in [4.69, 9.17) is 10.9 Å². The Morgan fingerprint density at radius 2 is 2.11 bits per heavy atom. The molecule has 1 aromatic carbocycles. The zero-order chi connectivity index (χ0) is 14.4. The molecule has 1 aromatic rings. The van der Waals surface area contributed by atoms with Gasteiger partial charge in [-0.05, 0) is 25.5 Å². The Bertz CT molecular complexity index is 475. The molecule has 0 heterocycles. The number of nitrogens with zero attached hydrogens (tertiary/aromatic N) is 2. The highest BCUT2D eigenvalue weighted by atomic mass is 19.1. The van der Waals surface area contributed by atoms with Crippen LogP contribution in [0.4, 0.5) is 4.39 Å². The maximum Gasteiger partial charge on any atom is 0.227 e. The lowest BCUT2D eigenvalue weighted by atomic mass is 10.1. The maximum atomic E-state index is 13.5. The van der Waals surface area contributed by atoms with Crippen LogP contribution in [0.2, 0.25) is 0 Å². The van der Waals surface area contributed by atoms with Crippen molar-refractivity contribution in [3.05, 3.63) is 35.6 Å². The molecule has 0 aliphatic heterocycles. The average Bonchev–Trinajstić information content (AvgIpc) is 2.37. The van der Waals surface area contributed by atoms with E-state index in [1.54, 1.807) is 18.2 Å². The number of rotatable bonds is 5. The van der Waals surface area contributed by atoms with Crippen LogP contribution in [0.15, 0.2) is 29.4 Å². The Balaban J connectivity index is 2.81. The van der Waals surface area contributed by atoms with Crippen LogP contribution in [0.1, 0.15) is 19.4 Å². The number of carbonyl (C=O) groups is 1. The topological polar surface area (TPSA) is 78.9 Å². The van der Waals surface area contributed by atoms with Crippen LogP contribution in [0.5, 0.6) is 0 Å². The second kappa shape index (κ2) is 6.72. The van der Waals surface area contributed by atoms with Crippen molar-refractivity contribution < 1.29 is 14.4 Å². The highest BCUT2D eigenvalue weighted by molar-refractivity contribution is 5.87. The van der Waals surface area contributed by atoms with Crippen molar-refractivity contribution in [1.82, 2.24) is 4.90 Å². The largest absolute Gasteiger partial charge is 0.409 e. The Hall–Kier alpha value is -2.11. The second-order valence-electron chi connectivity index (χ2n) is 4.47. The Morgan fingerprint density at radius 1 is 1.47 bits per heavy atom. The summed E-state index contributed by atoms with van der Waals surface area (Å²) < 4.78 is 13.5. The summed E-state index contributed by atoms with van der Waals surface area (Å²) in [5, 5.41) is 11.4. The van der Waals surface area contributed by atoms with Gasteiger partial charge in [-0.2, -0.15) is 0 Å². The summed E-state index contributed by atoms with van der Waals surface area (Å²) in [5.41, 5.74) is 5.74. The number of carbonyl (C=O) groups excluding carboxylic acids is 1. The van der Waals surface area contributed by atoms with E-state index in [0.29, 0.717) is 5.56 Å². The van der Waals surface area contributed by atoms with Crippen molar-refractivity contribution in [2.24, 2.45) is 10.9 Å². The normalized spacial score (nSPS) is 11.7. The molecular weight excluding hydrogens is 249 g/mol. The number of amides is 1. The van der Waals surface area contributed by atoms with Crippen LogP contribution in [0.25, 0.3) is 0 Å². The first-order valence-corrected chi connectivity index (χ1v) is 5.95. The van der Waals surface area contributed by atoms with Crippen molar-refractivity contribution in [2.75, 3.05) is 6.54 Å². The molecule has 0 atom stereocenters. The van der Waals surface area contributed by atoms with Gasteiger partial charge >= 0.3 is 0 Å². The second-order valence-corrected chi connectivity index (χ2v) is 4.47. The minimum absolute atomic E-state index is 0.0153. The smallest absolute Gasteiger partial charge is 0.227 e. The molecule has 0 spiro atoms. The van der Waals surface area contributed by atoms with Crippen LogP contribution in [-0.2, 0) is 11.2 Å². The number of hydrogen-bond donors (Lipinski definition) is 2. The third-order valence-electron chi connectivity index (χ3n) is 2.70. The number of oxime groups is 1. The van der Waals surface area contributed by atoms with Crippen LogP contribution in [0, 0.1) is 5.82 Å². The minimum atomic E-state index is -0.414. The highest BCUT2D eigenvalue weighted by Crippen LogP contribution is 2.10. The van der Waals surface area contributed by atoms with Gasteiger partial charge in [-0.15, -0.1) is 0 Å². The van der Waals surface area contributed by atoms with Crippen molar-refractivity contribution in [3.8, 4) is 0 Å². The van der Waals surface area contributed by atoms with E-state index in [1.165, 1.54) is 11.0 Å². The van der Waals surface area contributed by atoms with Gasteiger partial charge in [0.2, 0.25) is 5.91 Å². The number of halogens is 1. The first-order valence-electron chi connectivity index (χ1n) is 5.95. The van der Waals surface area contributed by atoms with Crippen molar-refractivity contribution in [3.63, 3.8) is 0 Å². The molecule has 104 valence electrons. The molecule has 0 saturated heterocycles. The monoisotopic (exact) mass is 267 g/mol. The van der Waals surface area contributed by atoms with Gasteiger partial charge in [-0.25, -0.2) is 4.39 Å². The first kappa shape index (κ1) is 14.9. The van der Waals surface area contributed by atoms with Gasteiger partial charge in [-0.3, -0.25) is 4.79 Å². The van der Waals surface area contributed by atoms with Gasteiger partial charge in [0.05, 0.1) is 13.0 Å². The van der Waals surface area contributed by atoms with E-state index in [9.17, 15) is 9.18 Å². The van der Waals surface area contributed by atoms with Gasteiger partial charge in [0.25, 0.3) is 0 Å². The Labute approximate surface area is 111 Å². The van der Waals surface area contributed by atoms with Gasteiger partial charge in [-0.1, -0.05) is 23.4 Å². The zero-order valence-electron chi connectivity index (χ0n) is 11.0.